The van der Waals surface area contributed by atoms with Gasteiger partial charge in [-0.25, -0.2) is 22.0 Å². The second-order valence-corrected chi connectivity index (χ2v) is 15.0. The van der Waals surface area contributed by atoms with Crippen LogP contribution in [0.2, 0.25) is 0 Å². The van der Waals surface area contributed by atoms with E-state index < -0.39 is 56.2 Å². The van der Waals surface area contributed by atoms with Gasteiger partial charge in [0.05, 0.1) is 6.07 Å². The van der Waals surface area contributed by atoms with Crippen molar-refractivity contribution in [2.75, 3.05) is 33.2 Å². The molecule has 2 saturated heterocycles. The van der Waals surface area contributed by atoms with Crippen molar-refractivity contribution >= 4 is 22.0 Å². The van der Waals surface area contributed by atoms with E-state index >= 15 is 4.39 Å². The summed E-state index contributed by atoms with van der Waals surface area (Å²) in [4.78, 5) is 29.3. The number of nitriles is 1. The molecule has 2 amide bonds. The zero-order chi connectivity index (χ0) is 32.7. The summed E-state index contributed by atoms with van der Waals surface area (Å²) in [6.45, 7) is 6.80. The van der Waals surface area contributed by atoms with Crippen molar-refractivity contribution in [1.29, 1.82) is 5.26 Å². The van der Waals surface area contributed by atoms with Crippen molar-refractivity contribution in [3.63, 3.8) is 0 Å². The molecule has 2 aromatic carbocycles. The molecule has 1 aliphatic carbocycles. The third-order valence-electron chi connectivity index (χ3n) is 8.75. The summed E-state index contributed by atoms with van der Waals surface area (Å²) in [6.07, 6.45) is 1.56. The van der Waals surface area contributed by atoms with Gasteiger partial charge in [0.25, 0.3) is 0 Å². The van der Waals surface area contributed by atoms with Gasteiger partial charge >= 0.3 is 6.09 Å². The fourth-order valence-electron chi connectivity index (χ4n) is 6.45. The highest BCUT2D eigenvalue weighted by Gasteiger charge is 2.52. The predicted molar refractivity (Wildman–Crippen MR) is 162 cm³/mol. The van der Waals surface area contributed by atoms with Crippen molar-refractivity contribution in [1.82, 2.24) is 19.4 Å². The number of carbonyl (C=O) groups excluding carboxylic acids is 2. The minimum absolute atomic E-state index is 0.0430. The van der Waals surface area contributed by atoms with E-state index in [1.807, 2.05) is 18.0 Å². The number of rotatable bonds is 7. The summed E-state index contributed by atoms with van der Waals surface area (Å²) in [5.41, 5.74) is 0.0828. The molecule has 2 aliphatic heterocycles. The fraction of sp³-hybridized carbons (Fsp3) is 0.531. The first-order chi connectivity index (χ1) is 21.2. The maximum absolute atomic E-state index is 15.4. The number of piperazine rings is 1. The number of benzene rings is 2. The molecule has 0 radical (unpaired) electrons. The van der Waals surface area contributed by atoms with Crippen LogP contribution in [0.4, 0.5) is 13.6 Å². The second kappa shape index (κ2) is 12.7. The van der Waals surface area contributed by atoms with Gasteiger partial charge in [0, 0.05) is 38.6 Å². The highest BCUT2D eigenvalue weighted by atomic mass is 32.2. The number of nitrogens with one attached hydrogen (secondary N) is 1. The highest BCUT2D eigenvalue weighted by Crippen LogP contribution is 2.43. The Hall–Kier alpha value is -3.60. The molecule has 4 unspecified atom stereocenters. The summed E-state index contributed by atoms with van der Waals surface area (Å²) >= 11 is 0. The lowest BCUT2D eigenvalue weighted by Crippen LogP contribution is -2.55. The van der Waals surface area contributed by atoms with Crippen molar-refractivity contribution in [3.8, 4) is 17.2 Å². The van der Waals surface area contributed by atoms with Crippen LogP contribution < -0.4 is 5.32 Å². The van der Waals surface area contributed by atoms with Crippen LogP contribution in [0.1, 0.15) is 45.6 Å². The molecule has 4 atom stereocenters. The van der Waals surface area contributed by atoms with E-state index in [0.717, 1.165) is 18.9 Å². The van der Waals surface area contributed by atoms with E-state index in [0.29, 0.717) is 30.6 Å². The molecule has 45 heavy (non-hydrogen) atoms. The number of nitrogens with zero attached hydrogens (tertiary/aromatic N) is 4. The van der Waals surface area contributed by atoms with Crippen molar-refractivity contribution in [2.45, 2.75) is 75.1 Å². The number of hydrogen-bond donors (Lipinski definition) is 1. The second-order valence-electron chi connectivity index (χ2n) is 13.1. The Bertz CT molecular complexity index is 1610. The number of piperidine rings is 1. The zero-order valence-corrected chi connectivity index (χ0v) is 26.7. The highest BCUT2D eigenvalue weighted by molar-refractivity contribution is 7.89. The Balaban J connectivity index is 1.29. The van der Waals surface area contributed by atoms with Gasteiger partial charge in [-0.05, 0) is 87.9 Å². The number of likely N-dealkylation sites (N-methyl/N-ethyl adjacent to an activating group) is 1. The van der Waals surface area contributed by atoms with E-state index in [-0.39, 0.29) is 37.0 Å². The standard InChI is InChI=1S/C32H39F2N5O5S/c1-32(2,3)44-31(41)39-25-9-7-23(16-25)29(39)30(40)36-24(19-35)15-22-6-5-20(17-27(22)34)21-8-10-26(33)28(18-21)45(42,43)38-13-11-37(4)12-14-38/h5-6,8,10,17-18,23-25,29H,7,9,11-16H2,1-4H3,(H,36,40). The van der Waals surface area contributed by atoms with Crippen LogP contribution in [0.5, 0.6) is 0 Å². The van der Waals surface area contributed by atoms with Gasteiger partial charge in [0.1, 0.15) is 34.2 Å². The maximum atomic E-state index is 15.4. The topological polar surface area (TPSA) is 123 Å². The first-order valence-electron chi connectivity index (χ1n) is 15.2. The summed E-state index contributed by atoms with van der Waals surface area (Å²) in [7, 11) is -2.21. The molecule has 2 bridgehead atoms. The first kappa shape index (κ1) is 32.8. The lowest BCUT2D eigenvalue weighted by molar-refractivity contribution is -0.128. The molecule has 2 heterocycles. The maximum Gasteiger partial charge on any atom is 0.411 e. The van der Waals surface area contributed by atoms with Crippen molar-refractivity contribution in [3.05, 3.63) is 53.6 Å². The molecule has 10 nitrogen and oxygen atoms in total. The fourth-order valence-corrected chi connectivity index (χ4v) is 7.96. The number of halogens is 2. The summed E-state index contributed by atoms with van der Waals surface area (Å²) in [6, 6.07) is 7.96. The van der Waals surface area contributed by atoms with Crippen LogP contribution in [0.15, 0.2) is 41.3 Å². The zero-order valence-electron chi connectivity index (χ0n) is 25.9. The molecule has 2 aromatic rings. The molecular weight excluding hydrogens is 604 g/mol. The van der Waals surface area contributed by atoms with Crippen LogP contribution in [-0.4, -0.2) is 91.5 Å². The number of ether oxygens (including phenoxy) is 1. The lowest BCUT2D eigenvalue weighted by atomic mass is 9.97. The number of hydrogen-bond acceptors (Lipinski definition) is 7. The Labute approximate surface area is 263 Å². The van der Waals surface area contributed by atoms with Crippen molar-refractivity contribution in [2.24, 2.45) is 5.92 Å². The number of carbonyl (C=O) groups is 2. The summed E-state index contributed by atoms with van der Waals surface area (Å²) < 4.78 is 63.4. The normalized spacial score (nSPS) is 23.0. The lowest BCUT2D eigenvalue weighted by Gasteiger charge is -2.35. The third kappa shape index (κ3) is 6.98. The van der Waals surface area contributed by atoms with Gasteiger partial charge < -0.3 is 15.0 Å². The predicted octanol–water partition coefficient (Wildman–Crippen LogP) is 3.91. The minimum Gasteiger partial charge on any atom is -0.444 e. The van der Waals surface area contributed by atoms with E-state index in [1.54, 1.807) is 26.8 Å². The molecule has 0 aromatic heterocycles. The van der Waals surface area contributed by atoms with Crippen LogP contribution in [0, 0.1) is 28.9 Å². The first-order valence-corrected chi connectivity index (χ1v) is 16.6. The minimum atomic E-state index is -4.10. The molecular formula is C32H39F2N5O5S. The smallest absolute Gasteiger partial charge is 0.411 e. The number of sulfonamides is 1. The molecule has 13 heteroatoms. The average molecular weight is 644 g/mol. The van der Waals surface area contributed by atoms with Gasteiger partial charge in [-0.3, -0.25) is 9.69 Å². The van der Waals surface area contributed by atoms with E-state index in [2.05, 4.69) is 5.32 Å². The molecule has 3 fully saturated rings. The van der Waals surface area contributed by atoms with Gasteiger partial charge in [-0.15, -0.1) is 0 Å². The van der Waals surface area contributed by atoms with Crippen LogP contribution >= 0.6 is 0 Å². The summed E-state index contributed by atoms with van der Waals surface area (Å²) in [5, 5.41) is 12.5. The van der Waals surface area contributed by atoms with Gasteiger partial charge in [0.15, 0.2) is 0 Å². The number of fused-ring (bicyclic) bond motifs is 2. The van der Waals surface area contributed by atoms with Gasteiger partial charge in [0.2, 0.25) is 15.9 Å². The number of likely N-dealkylation sites (tertiary alicyclic amines) is 1. The Morgan fingerprint density at radius 1 is 1.04 bits per heavy atom. The summed E-state index contributed by atoms with van der Waals surface area (Å²) in [5.74, 6) is -2.07. The molecule has 3 aliphatic rings. The molecule has 5 rings (SSSR count). The Kier molecular flexibility index (Phi) is 9.22. The SMILES string of the molecule is CN1CCN(S(=O)(=O)c2cc(-c3ccc(CC(C#N)NC(=O)C4C5CCC(C5)N4C(=O)OC(C)(C)C)c(F)c3)ccc2F)CC1. The third-order valence-corrected chi connectivity index (χ3v) is 10.7. The Morgan fingerprint density at radius 2 is 1.71 bits per heavy atom. The molecule has 0 spiro atoms. The largest absolute Gasteiger partial charge is 0.444 e. The number of amides is 2. The van der Waals surface area contributed by atoms with Crippen molar-refractivity contribution < 1.29 is 31.5 Å². The van der Waals surface area contributed by atoms with E-state index in [4.69, 9.17) is 4.74 Å². The van der Waals surface area contributed by atoms with Crippen LogP contribution in [-0.2, 0) is 26.0 Å². The molecule has 1 N–H and O–H groups in total. The quantitative estimate of drug-likeness (QED) is 0.486. The van der Waals surface area contributed by atoms with Gasteiger partial charge in [-0.2, -0.15) is 9.57 Å². The van der Waals surface area contributed by atoms with Crippen LogP contribution in [0.25, 0.3) is 11.1 Å². The average Bonchev–Trinajstić information content (AvgIpc) is 3.59. The Morgan fingerprint density at radius 3 is 2.36 bits per heavy atom. The van der Waals surface area contributed by atoms with Gasteiger partial charge in [-0.1, -0.05) is 18.2 Å². The molecule has 242 valence electrons. The van der Waals surface area contributed by atoms with E-state index in [9.17, 15) is 27.7 Å². The van der Waals surface area contributed by atoms with Crippen LogP contribution in [0.3, 0.4) is 0 Å². The van der Waals surface area contributed by atoms with E-state index in [1.165, 1.54) is 33.5 Å². The molecule has 1 saturated carbocycles. The monoisotopic (exact) mass is 643 g/mol.